The lowest BCUT2D eigenvalue weighted by atomic mass is 10.1. The van der Waals surface area contributed by atoms with Crippen molar-refractivity contribution in [1.29, 1.82) is 5.26 Å². The molecule has 0 saturated heterocycles. The molecule has 2 N–H and O–H groups in total. The Balaban J connectivity index is 3.00. The van der Waals surface area contributed by atoms with Crippen LogP contribution < -0.4 is 4.74 Å². The van der Waals surface area contributed by atoms with Crippen molar-refractivity contribution in [2.24, 2.45) is 0 Å². The van der Waals surface area contributed by atoms with Gasteiger partial charge < -0.3 is 14.9 Å². The van der Waals surface area contributed by atoms with Crippen LogP contribution in [0.25, 0.3) is 0 Å². The number of ether oxygens (including phenoxy) is 1. The van der Waals surface area contributed by atoms with Gasteiger partial charge in [0, 0.05) is 0 Å². The van der Waals surface area contributed by atoms with Crippen LogP contribution in [0.15, 0.2) is 18.2 Å². The zero-order valence-corrected chi connectivity index (χ0v) is 7.80. The Labute approximate surface area is 86.1 Å². The number of aliphatic hydroxyl groups excluding tert-OH is 1. The van der Waals surface area contributed by atoms with Gasteiger partial charge in [0.1, 0.15) is 18.4 Å². The molecular formula is C10H9NO4. The van der Waals surface area contributed by atoms with E-state index in [9.17, 15) is 4.79 Å². The average molecular weight is 207 g/mol. The van der Waals surface area contributed by atoms with Crippen LogP contribution in [0.5, 0.6) is 5.75 Å². The molecule has 0 spiro atoms. The fourth-order valence-electron chi connectivity index (χ4n) is 1.03. The summed E-state index contributed by atoms with van der Waals surface area (Å²) in [5, 5.41) is 26.0. The summed E-state index contributed by atoms with van der Waals surface area (Å²) in [4.78, 5) is 10.6. The first-order valence-corrected chi connectivity index (χ1v) is 4.20. The summed E-state index contributed by atoms with van der Waals surface area (Å²) in [5.41, 5.74) is 0.172. The molecule has 1 aromatic carbocycles. The van der Waals surface area contributed by atoms with Crippen LogP contribution in [0.4, 0.5) is 0 Å². The molecule has 0 aliphatic heterocycles. The molecule has 0 radical (unpaired) electrons. The van der Waals surface area contributed by atoms with Crippen LogP contribution in [0, 0.1) is 11.3 Å². The Bertz CT molecular complexity index is 408. The van der Waals surface area contributed by atoms with Gasteiger partial charge in [-0.3, -0.25) is 0 Å². The molecule has 0 unspecified atom stereocenters. The second-order valence-electron chi connectivity index (χ2n) is 2.70. The van der Waals surface area contributed by atoms with Gasteiger partial charge in [0.05, 0.1) is 17.7 Å². The van der Waals surface area contributed by atoms with Crippen molar-refractivity contribution >= 4 is 5.97 Å². The van der Waals surface area contributed by atoms with Crippen molar-refractivity contribution in [2.75, 3.05) is 13.2 Å². The average Bonchev–Trinajstić information content (AvgIpc) is 2.25. The van der Waals surface area contributed by atoms with E-state index >= 15 is 0 Å². The number of aliphatic hydroxyl groups is 1. The minimum Gasteiger partial charge on any atom is -0.490 e. The molecule has 0 saturated carbocycles. The fourth-order valence-corrected chi connectivity index (χ4v) is 1.03. The molecule has 0 atom stereocenters. The number of nitrogens with zero attached hydrogens (tertiary/aromatic N) is 1. The van der Waals surface area contributed by atoms with Gasteiger partial charge in [-0.15, -0.1) is 0 Å². The first-order chi connectivity index (χ1) is 7.19. The summed E-state index contributed by atoms with van der Waals surface area (Å²) in [6.07, 6.45) is 0. The van der Waals surface area contributed by atoms with Gasteiger partial charge in [-0.2, -0.15) is 5.26 Å². The van der Waals surface area contributed by atoms with E-state index in [1.54, 1.807) is 0 Å². The van der Waals surface area contributed by atoms with Crippen molar-refractivity contribution in [3.63, 3.8) is 0 Å². The molecule has 15 heavy (non-hydrogen) atoms. The van der Waals surface area contributed by atoms with E-state index in [0.717, 1.165) is 0 Å². The Morgan fingerprint density at radius 2 is 2.27 bits per heavy atom. The third-order valence-corrected chi connectivity index (χ3v) is 1.70. The lowest BCUT2D eigenvalue weighted by Gasteiger charge is -2.06. The molecule has 5 heteroatoms. The van der Waals surface area contributed by atoms with Gasteiger partial charge >= 0.3 is 5.97 Å². The van der Waals surface area contributed by atoms with Crippen LogP contribution in [-0.2, 0) is 0 Å². The van der Waals surface area contributed by atoms with Crippen LogP contribution >= 0.6 is 0 Å². The Kier molecular flexibility index (Phi) is 3.66. The van der Waals surface area contributed by atoms with Gasteiger partial charge in [-0.05, 0) is 18.2 Å². The van der Waals surface area contributed by atoms with E-state index in [2.05, 4.69) is 0 Å². The highest BCUT2D eigenvalue weighted by Crippen LogP contribution is 2.19. The molecule has 0 aromatic heterocycles. The number of hydrogen-bond donors (Lipinski definition) is 2. The summed E-state index contributed by atoms with van der Waals surface area (Å²) in [7, 11) is 0. The van der Waals surface area contributed by atoms with E-state index in [1.165, 1.54) is 18.2 Å². The van der Waals surface area contributed by atoms with Gasteiger partial charge in [0.15, 0.2) is 0 Å². The summed E-state index contributed by atoms with van der Waals surface area (Å²) in [6.45, 7) is -0.0906. The Hall–Kier alpha value is -2.06. The van der Waals surface area contributed by atoms with Crippen molar-refractivity contribution in [2.45, 2.75) is 0 Å². The van der Waals surface area contributed by atoms with E-state index in [0.29, 0.717) is 0 Å². The lowest BCUT2D eigenvalue weighted by molar-refractivity contribution is 0.0696. The van der Waals surface area contributed by atoms with E-state index < -0.39 is 5.97 Å². The summed E-state index contributed by atoms with van der Waals surface area (Å²) in [6, 6.07) is 5.80. The van der Waals surface area contributed by atoms with E-state index in [1.807, 2.05) is 6.07 Å². The first-order valence-electron chi connectivity index (χ1n) is 4.20. The minimum atomic E-state index is -1.10. The summed E-state index contributed by atoms with van der Waals surface area (Å²) >= 11 is 0. The summed E-state index contributed by atoms with van der Waals surface area (Å²) in [5.74, 6) is -0.822. The van der Waals surface area contributed by atoms with Crippen LogP contribution in [0.1, 0.15) is 15.9 Å². The highest BCUT2D eigenvalue weighted by atomic mass is 16.5. The Morgan fingerprint density at radius 3 is 2.80 bits per heavy atom. The van der Waals surface area contributed by atoms with Gasteiger partial charge in [0.2, 0.25) is 0 Å². The van der Waals surface area contributed by atoms with Gasteiger partial charge in [0.25, 0.3) is 0 Å². The maximum atomic E-state index is 10.6. The first kappa shape index (κ1) is 11.0. The molecule has 0 aliphatic carbocycles. The van der Waals surface area contributed by atoms with E-state index in [-0.39, 0.29) is 30.1 Å². The van der Waals surface area contributed by atoms with Crippen molar-refractivity contribution in [1.82, 2.24) is 0 Å². The second-order valence-corrected chi connectivity index (χ2v) is 2.70. The molecule has 0 fully saturated rings. The third kappa shape index (κ3) is 2.69. The molecule has 0 bridgehead atoms. The zero-order valence-electron chi connectivity index (χ0n) is 7.80. The lowest BCUT2D eigenvalue weighted by Crippen LogP contribution is -2.04. The van der Waals surface area contributed by atoms with Gasteiger partial charge in [-0.25, -0.2) is 4.79 Å². The normalized spacial score (nSPS) is 9.33. The highest BCUT2D eigenvalue weighted by Gasteiger charge is 2.08. The second kappa shape index (κ2) is 4.98. The molecule has 1 aromatic rings. The number of benzene rings is 1. The maximum absolute atomic E-state index is 10.6. The number of hydrogen-bond acceptors (Lipinski definition) is 4. The van der Waals surface area contributed by atoms with Crippen molar-refractivity contribution < 1.29 is 19.7 Å². The molecule has 0 heterocycles. The molecule has 5 nitrogen and oxygen atoms in total. The fraction of sp³-hybridized carbons (Fsp3) is 0.200. The SMILES string of the molecule is N#Cc1cc(C(=O)O)ccc1OCCO. The summed E-state index contributed by atoms with van der Waals surface area (Å²) < 4.78 is 5.05. The third-order valence-electron chi connectivity index (χ3n) is 1.70. The van der Waals surface area contributed by atoms with Crippen molar-refractivity contribution in [3.05, 3.63) is 29.3 Å². The Morgan fingerprint density at radius 1 is 1.53 bits per heavy atom. The highest BCUT2D eigenvalue weighted by molar-refractivity contribution is 5.88. The predicted octanol–water partition coefficient (Wildman–Crippen LogP) is 0.628. The molecule has 78 valence electrons. The number of rotatable bonds is 4. The largest absolute Gasteiger partial charge is 0.490 e. The topological polar surface area (TPSA) is 90.6 Å². The van der Waals surface area contributed by atoms with Gasteiger partial charge in [-0.1, -0.05) is 0 Å². The number of aromatic carboxylic acids is 1. The number of nitriles is 1. The van der Waals surface area contributed by atoms with Crippen LogP contribution in [-0.4, -0.2) is 29.4 Å². The zero-order chi connectivity index (χ0) is 11.3. The maximum Gasteiger partial charge on any atom is 0.335 e. The molecule has 1 rings (SSSR count). The minimum absolute atomic E-state index is 0.0305. The quantitative estimate of drug-likeness (QED) is 0.755. The number of carbonyl (C=O) groups is 1. The number of carboxylic acids is 1. The van der Waals surface area contributed by atoms with Crippen LogP contribution in [0.2, 0.25) is 0 Å². The van der Waals surface area contributed by atoms with Crippen LogP contribution in [0.3, 0.4) is 0 Å². The standard InChI is InChI=1S/C10H9NO4/c11-6-8-5-7(10(13)14)1-2-9(8)15-4-3-12/h1-2,5,12H,3-4H2,(H,13,14). The smallest absolute Gasteiger partial charge is 0.335 e. The molecular weight excluding hydrogens is 198 g/mol. The molecule has 0 amide bonds. The molecule has 0 aliphatic rings. The monoisotopic (exact) mass is 207 g/mol. The van der Waals surface area contributed by atoms with E-state index in [4.69, 9.17) is 20.2 Å². The van der Waals surface area contributed by atoms with Crippen molar-refractivity contribution in [3.8, 4) is 11.8 Å². The predicted molar refractivity (Wildman–Crippen MR) is 50.7 cm³/mol. The number of carboxylic acid groups (broad SMARTS) is 1.